The fourth-order valence-corrected chi connectivity index (χ4v) is 3.62. The van der Waals surface area contributed by atoms with Crippen molar-refractivity contribution in [3.63, 3.8) is 0 Å². The van der Waals surface area contributed by atoms with Gasteiger partial charge in [-0.25, -0.2) is 4.98 Å². The number of likely N-dealkylation sites (tertiary alicyclic amines) is 1. The van der Waals surface area contributed by atoms with Gasteiger partial charge in [-0.3, -0.25) is 9.48 Å². The second-order valence-electron chi connectivity index (χ2n) is 7.19. The molecule has 1 aliphatic heterocycles. The van der Waals surface area contributed by atoms with E-state index in [2.05, 4.69) is 34.1 Å². The Morgan fingerprint density at radius 1 is 1.50 bits per heavy atom. The standard InChI is InChI=1S/C18H27N5O/c1-12-6-5-7-23(10-12)11-13(2)20-18(24)15-8-16-14(3)21-22(4)17(16)19-9-15/h8-9,12-13H,5-7,10-11H2,1-4H3,(H,20,24). The number of piperidine rings is 1. The molecule has 1 fully saturated rings. The molecule has 3 rings (SSSR count). The van der Waals surface area contributed by atoms with Crippen LogP contribution in [0.5, 0.6) is 0 Å². The first-order chi connectivity index (χ1) is 11.4. The summed E-state index contributed by atoms with van der Waals surface area (Å²) in [6.45, 7) is 9.46. The zero-order valence-corrected chi connectivity index (χ0v) is 15.0. The number of nitrogens with zero attached hydrogens (tertiary/aromatic N) is 4. The minimum atomic E-state index is -0.0646. The molecule has 2 aromatic rings. The fraction of sp³-hybridized carbons (Fsp3) is 0.611. The highest BCUT2D eigenvalue weighted by atomic mass is 16.1. The molecule has 0 aromatic carbocycles. The van der Waals surface area contributed by atoms with E-state index in [-0.39, 0.29) is 11.9 Å². The summed E-state index contributed by atoms with van der Waals surface area (Å²) in [5.41, 5.74) is 2.29. The number of aromatic nitrogens is 3. The van der Waals surface area contributed by atoms with Crippen LogP contribution < -0.4 is 5.32 Å². The third kappa shape index (κ3) is 3.59. The Hall–Kier alpha value is -1.95. The number of hydrogen-bond donors (Lipinski definition) is 1. The van der Waals surface area contributed by atoms with Crippen LogP contribution in [0, 0.1) is 12.8 Å². The summed E-state index contributed by atoms with van der Waals surface area (Å²) in [6, 6.07) is 2.00. The molecule has 24 heavy (non-hydrogen) atoms. The molecule has 1 amide bonds. The maximum Gasteiger partial charge on any atom is 0.253 e. The first kappa shape index (κ1) is 16.9. The lowest BCUT2D eigenvalue weighted by Gasteiger charge is -2.32. The van der Waals surface area contributed by atoms with Gasteiger partial charge in [-0.2, -0.15) is 5.10 Å². The summed E-state index contributed by atoms with van der Waals surface area (Å²) in [5, 5.41) is 8.39. The van der Waals surface area contributed by atoms with Crippen LogP contribution in [-0.4, -0.2) is 51.2 Å². The number of pyridine rings is 1. The number of aryl methyl sites for hydroxylation is 2. The van der Waals surface area contributed by atoms with E-state index in [1.54, 1.807) is 10.9 Å². The predicted octanol–water partition coefficient (Wildman–Crippen LogP) is 2.13. The van der Waals surface area contributed by atoms with Crippen LogP contribution in [0.15, 0.2) is 12.3 Å². The molecule has 6 heteroatoms. The molecule has 0 bridgehead atoms. The Morgan fingerprint density at radius 2 is 2.29 bits per heavy atom. The largest absolute Gasteiger partial charge is 0.348 e. The summed E-state index contributed by atoms with van der Waals surface area (Å²) in [6.07, 6.45) is 4.20. The number of rotatable bonds is 4. The summed E-state index contributed by atoms with van der Waals surface area (Å²) in [7, 11) is 1.86. The first-order valence-corrected chi connectivity index (χ1v) is 8.76. The SMILES string of the molecule is Cc1nn(C)c2ncc(C(=O)NC(C)CN3CCCC(C)C3)cc12. The van der Waals surface area contributed by atoms with Gasteiger partial charge < -0.3 is 10.2 Å². The Kier molecular flexibility index (Phi) is 4.85. The molecule has 1 saturated heterocycles. The molecule has 3 heterocycles. The summed E-state index contributed by atoms with van der Waals surface area (Å²) in [4.78, 5) is 19.4. The highest BCUT2D eigenvalue weighted by molar-refractivity contribution is 5.97. The van der Waals surface area contributed by atoms with E-state index in [1.807, 2.05) is 20.0 Å². The van der Waals surface area contributed by atoms with E-state index in [4.69, 9.17) is 0 Å². The fourth-order valence-electron chi connectivity index (χ4n) is 3.62. The molecule has 6 nitrogen and oxygen atoms in total. The monoisotopic (exact) mass is 329 g/mol. The van der Waals surface area contributed by atoms with E-state index in [1.165, 1.54) is 12.8 Å². The number of fused-ring (bicyclic) bond motifs is 1. The lowest BCUT2D eigenvalue weighted by atomic mass is 10.00. The van der Waals surface area contributed by atoms with Crippen LogP contribution in [0.25, 0.3) is 11.0 Å². The van der Waals surface area contributed by atoms with E-state index >= 15 is 0 Å². The van der Waals surface area contributed by atoms with E-state index in [0.29, 0.717) is 5.56 Å². The molecule has 0 spiro atoms. The van der Waals surface area contributed by atoms with Crippen molar-refractivity contribution in [3.05, 3.63) is 23.5 Å². The average molecular weight is 329 g/mol. The molecule has 130 valence electrons. The number of carbonyl (C=O) groups excluding carboxylic acids is 1. The zero-order chi connectivity index (χ0) is 17.3. The quantitative estimate of drug-likeness (QED) is 0.933. The summed E-state index contributed by atoms with van der Waals surface area (Å²) < 4.78 is 1.74. The molecule has 2 aromatic heterocycles. The Balaban J connectivity index is 1.64. The van der Waals surface area contributed by atoms with Gasteiger partial charge in [0.05, 0.1) is 11.3 Å². The second-order valence-corrected chi connectivity index (χ2v) is 7.19. The van der Waals surface area contributed by atoms with Crippen molar-refractivity contribution in [2.75, 3.05) is 19.6 Å². The minimum Gasteiger partial charge on any atom is -0.348 e. The highest BCUT2D eigenvalue weighted by Crippen LogP contribution is 2.17. The van der Waals surface area contributed by atoms with E-state index in [0.717, 1.165) is 42.3 Å². The number of hydrogen-bond acceptors (Lipinski definition) is 4. The normalized spacial score (nSPS) is 20.2. The van der Waals surface area contributed by atoms with Gasteiger partial charge in [0.15, 0.2) is 5.65 Å². The van der Waals surface area contributed by atoms with Gasteiger partial charge in [-0.1, -0.05) is 6.92 Å². The zero-order valence-electron chi connectivity index (χ0n) is 15.0. The van der Waals surface area contributed by atoms with Crippen LogP contribution in [-0.2, 0) is 7.05 Å². The number of amides is 1. The van der Waals surface area contributed by atoms with Crippen molar-refractivity contribution in [2.45, 2.75) is 39.7 Å². The van der Waals surface area contributed by atoms with Gasteiger partial charge in [0.25, 0.3) is 5.91 Å². The van der Waals surface area contributed by atoms with E-state index in [9.17, 15) is 4.79 Å². The van der Waals surface area contributed by atoms with Crippen LogP contribution in [0.2, 0.25) is 0 Å². The lowest BCUT2D eigenvalue weighted by molar-refractivity contribution is 0.0920. The third-order valence-electron chi connectivity index (χ3n) is 4.78. The molecule has 0 saturated carbocycles. The van der Waals surface area contributed by atoms with Gasteiger partial charge in [0.2, 0.25) is 0 Å². The van der Waals surface area contributed by atoms with Crippen molar-refractivity contribution < 1.29 is 4.79 Å². The molecular formula is C18H27N5O. The highest BCUT2D eigenvalue weighted by Gasteiger charge is 2.19. The van der Waals surface area contributed by atoms with Crippen molar-refractivity contribution in [2.24, 2.45) is 13.0 Å². The summed E-state index contributed by atoms with van der Waals surface area (Å²) >= 11 is 0. The first-order valence-electron chi connectivity index (χ1n) is 8.76. The molecule has 1 aliphatic rings. The number of carbonyl (C=O) groups is 1. The minimum absolute atomic E-state index is 0.0646. The number of nitrogens with one attached hydrogen (secondary N) is 1. The van der Waals surface area contributed by atoms with Gasteiger partial charge in [-0.05, 0) is 45.2 Å². The van der Waals surface area contributed by atoms with Crippen molar-refractivity contribution >= 4 is 16.9 Å². The molecule has 1 N–H and O–H groups in total. The maximum absolute atomic E-state index is 12.5. The van der Waals surface area contributed by atoms with Crippen molar-refractivity contribution in [3.8, 4) is 0 Å². The van der Waals surface area contributed by atoms with Crippen LogP contribution in [0.3, 0.4) is 0 Å². The molecule has 2 unspecified atom stereocenters. The van der Waals surface area contributed by atoms with Gasteiger partial charge in [0, 0.05) is 37.8 Å². The smallest absolute Gasteiger partial charge is 0.253 e. The van der Waals surface area contributed by atoms with E-state index < -0.39 is 0 Å². The lowest BCUT2D eigenvalue weighted by Crippen LogP contribution is -2.45. The topological polar surface area (TPSA) is 63.1 Å². The van der Waals surface area contributed by atoms with Gasteiger partial charge in [-0.15, -0.1) is 0 Å². The Labute approximate surface area is 143 Å². The van der Waals surface area contributed by atoms with Crippen LogP contribution >= 0.6 is 0 Å². The third-order valence-corrected chi connectivity index (χ3v) is 4.78. The molecule has 0 aliphatic carbocycles. The van der Waals surface area contributed by atoms with Crippen molar-refractivity contribution in [1.82, 2.24) is 25.0 Å². The molecule has 0 radical (unpaired) electrons. The van der Waals surface area contributed by atoms with Crippen molar-refractivity contribution in [1.29, 1.82) is 0 Å². The predicted molar refractivity (Wildman–Crippen MR) is 95.0 cm³/mol. The molecular weight excluding hydrogens is 302 g/mol. The van der Waals surface area contributed by atoms with Gasteiger partial charge >= 0.3 is 0 Å². The summed E-state index contributed by atoms with van der Waals surface area (Å²) in [5.74, 6) is 0.687. The Morgan fingerprint density at radius 3 is 3.04 bits per heavy atom. The average Bonchev–Trinajstić information content (AvgIpc) is 2.81. The van der Waals surface area contributed by atoms with Crippen LogP contribution in [0.4, 0.5) is 0 Å². The van der Waals surface area contributed by atoms with Crippen LogP contribution in [0.1, 0.15) is 42.7 Å². The Bertz CT molecular complexity index is 738. The van der Waals surface area contributed by atoms with Gasteiger partial charge in [0.1, 0.15) is 0 Å². The maximum atomic E-state index is 12.5. The molecule has 2 atom stereocenters. The second kappa shape index (κ2) is 6.89.